The van der Waals surface area contributed by atoms with Crippen LogP contribution in [0.2, 0.25) is 0 Å². The van der Waals surface area contributed by atoms with E-state index in [0.29, 0.717) is 24.6 Å². The highest BCUT2D eigenvalue weighted by molar-refractivity contribution is 5.67. The Hall–Kier alpha value is -2.66. The summed E-state index contributed by atoms with van der Waals surface area (Å²) < 4.78 is 26.6. The molecule has 0 unspecified atom stereocenters. The van der Waals surface area contributed by atoms with Crippen LogP contribution in [0.3, 0.4) is 0 Å². The van der Waals surface area contributed by atoms with Crippen molar-refractivity contribution in [3.8, 4) is 22.8 Å². The monoisotopic (exact) mass is 310 g/mol. The Kier molecular flexibility index (Phi) is 3.35. The third-order valence-corrected chi connectivity index (χ3v) is 4.04. The zero-order valence-electron chi connectivity index (χ0n) is 12.6. The van der Waals surface area contributed by atoms with E-state index in [2.05, 4.69) is 17.1 Å². The molecule has 0 saturated heterocycles. The van der Waals surface area contributed by atoms with Crippen LogP contribution < -0.4 is 4.74 Å². The summed E-state index contributed by atoms with van der Waals surface area (Å²) in [6.45, 7) is 1.28. The second-order valence-corrected chi connectivity index (χ2v) is 5.39. The lowest BCUT2D eigenvalue weighted by molar-refractivity contribution is 0.134. The zero-order chi connectivity index (χ0) is 15.8. The van der Waals surface area contributed by atoms with Crippen molar-refractivity contribution in [2.75, 3.05) is 7.11 Å². The summed E-state index contributed by atoms with van der Waals surface area (Å²) >= 11 is 0. The first-order chi connectivity index (χ1) is 11.3. The molecular formula is C18H15FN2O2. The van der Waals surface area contributed by atoms with Crippen molar-refractivity contribution in [2.24, 2.45) is 0 Å². The van der Waals surface area contributed by atoms with Crippen molar-refractivity contribution in [3.63, 3.8) is 0 Å². The lowest BCUT2D eigenvalue weighted by Gasteiger charge is -2.12. The van der Waals surface area contributed by atoms with E-state index in [9.17, 15) is 4.39 Å². The number of para-hydroxylation sites is 1. The Morgan fingerprint density at radius 2 is 2.04 bits per heavy atom. The first-order valence-electron chi connectivity index (χ1n) is 7.34. The molecule has 0 atom stereocenters. The number of fused-ring (bicyclic) bond motifs is 1. The van der Waals surface area contributed by atoms with Crippen molar-refractivity contribution in [1.29, 1.82) is 0 Å². The zero-order valence-corrected chi connectivity index (χ0v) is 12.6. The number of rotatable bonds is 3. The lowest BCUT2D eigenvalue weighted by atomic mass is 10.1. The predicted molar refractivity (Wildman–Crippen MR) is 84.0 cm³/mol. The summed E-state index contributed by atoms with van der Waals surface area (Å²) in [5, 5.41) is 0. The van der Waals surface area contributed by atoms with E-state index < -0.39 is 5.82 Å². The second kappa shape index (κ2) is 5.52. The number of hydrogen-bond donors (Lipinski definition) is 0. The maximum Gasteiger partial charge on any atom is 0.165 e. The van der Waals surface area contributed by atoms with Crippen LogP contribution in [0.1, 0.15) is 11.1 Å². The highest BCUT2D eigenvalue weighted by atomic mass is 19.1. The van der Waals surface area contributed by atoms with Gasteiger partial charge in [-0.1, -0.05) is 12.1 Å². The molecule has 0 radical (unpaired) electrons. The summed E-state index contributed by atoms with van der Waals surface area (Å²) in [7, 11) is 1.46. The van der Waals surface area contributed by atoms with Gasteiger partial charge in [0.2, 0.25) is 0 Å². The molecule has 3 aromatic rings. The van der Waals surface area contributed by atoms with Gasteiger partial charge in [0.05, 0.1) is 25.9 Å². The van der Waals surface area contributed by atoms with Crippen LogP contribution in [0.4, 0.5) is 4.39 Å². The normalized spacial score (nSPS) is 13.1. The smallest absolute Gasteiger partial charge is 0.165 e. The maximum absolute atomic E-state index is 14.0. The number of ether oxygens (including phenoxy) is 2. The molecule has 0 spiro atoms. The van der Waals surface area contributed by atoms with Crippen molar-refractivity contribution in [1.82, 2.24) is 9.55 Å². The largest absolute Gasteiger partial charge is 0.493 e. The summed E-state index contributed by atoms with van der Waals surface area (Å²) in [5.41, 5.74) is 3.97. The number of halogens is 1. The van der Waals surface area contributed by atoms with Gasteiger partial charge >= 0.3 is 0 Å². The van der Waals surface area contributed by atoms with Gasteiger partial charge in [0.25, 0.3) is 0 Å². The second-order valence-electron chi connectivity index (χ2n) is 5.39. The van der Waals surface area contributed by atoms with Gasteiger partial charge in [0.1, 0.15) is 5.82 Å². The summed E-state index contributed by atoms with van der Waals surface area (Å²) in [6.07, 6.45) is 3.56. The van der Waals surface area contributed by atoms with Gasteiger partial charge in [-0.25, -0.2) is 9.37 Å². The number of nitrogens with zero attached hydrogens (tertiary/aromatic N) is 2. The molecule has 23 heavy (non-hydrogen) atoms. The number of benzene rings is 2. The molecular weight excluding hydrogens is 295 g/mol. The third kappa shape index (κ3) is 2.29. The molecule has 0 saturated carbocycles. The number of hydrogen-bond acceptors (Lipinski definition) is 3. The molecule has 4 rings (SSSR count). The SMILES string of the molecule is COc1c(F)cccc1-c1nccn1-c1ccc2c(c1)COC2. The van der Waals surface area contributed by atoms with Gasteiger partial charge in [-0.3, -0.25) is 4.57 Å². The van der Waals surface area contributed by atoms with Gasteiger partial charge in [-0.15, -0.1) is 0 Å². The first kappa shape index (κ1) is 14.0. The molecule has 0 N–H and O–H groups in total. The summed E-state index contributed by atoms with van der Waals surface area (Å²) in [4.78, 5) is 4.39. The summed E-state index contributed by atoms with van der Waals surface area (Å²) in [6, 6.07) is 11.0. The molecule has 0 aliphatic carbocycles. The van der Waals surface area contributed by atoms with Crippen LogP contribution in [0.25, 0.3) is 17.1 Å². The van der Waals surface area contributed by atoms with E-state index in [-0.39, 0.29) is 5.75 Å². The highest BCUT2D eigenvalue weighted by Gasteiger charge is 2.17. The number of aromatic nitrogens is 2. The van der Waals surface area contributed by atoms with E-state index in [1.165, 1.54) is 24.3 Å². The first-order valence-corrected chi connectivity index (χ1v) is 7.34. The molecule has 0 bridgehead atoms. The Labute approximate surface area is 133 Å². The molecule has 0 fully saturated rings. The minimum absolute atomic E-state index is 0.199. The Balaban J connectivity index is 1.85. The average Bonchev–Trinajstić information content (AvgIpc) is 3.22. The molecule has 0 amide bonds. The Morgan fingerprint density at radius 1 is 1.17 bits per heavy atom. The average molecular weight is 310 g/mol. The molecule has 5 heteroatoms. The van der Waals surface area contributed by atoms with Crippen LogP contribution in [0.15, 0.2) is 48.8 Å². The van der Waals surface area contributed by atoms with Crippen LogP contribution in [0, 0.1) is 5.82 Å². The molecule has 4 nitrogen and oxygen atoms in total. The van der Waals surface area contributed by atoms with Gasteiger partial charge < -0.3 is 9.47 Å². The third-order valence-electron chi connectivity index (χ3n) is 4.04. The minimum atomic E-state index is -0.401. The van der Waals surface area contributed by atoms with Crippen LogP contribution in [-0.4, -0.2) is 16.7 Å². The number of methoxy groups -OCH3 is 1. The van der Waals surface area contributed by atoms with E-state index in [1.54, 1.807) is 18.3 Å². The van der Waals surface area contributed by atoms with E-state index in [4.69, 9.17) is 9.47 Å². The van der Waals surface area contributed by atoms with Gasteiger partial charge in [0.15, 0.2) is 11.6 Å². The van der Waals surface area contributed by atoms with Crippen molar-refractivity contribution >= 4 is 0 Å². The lowest BCUT2D eigenvalue weighted by Crippen LogP contribution is -2.00. The fraction of sp³-hybridized carbons (Fsp3) is 0.167. The van der Waals surface area contributed by atoms with Crippen molar-refractivity contribution < 1.29 is 13.9 Å². The fourth-order valence-corrected chi connectivity index (χ4v) is 2.91. The highest BCUT2D eigenvalue weighted by Crippen LogP contribution is 2.33. The van der Waals surface area contributed by atoms with Gasteiger partial charge in [0, 0.05) is 18.1 Å². The Bertz CT molecular complexity index is 873. The fourth-order valence-electron chi connectivity index (χ4n) is 2.91. The predicted octanol–water partition coefficient (Wildman–Crippen LogP) is 3.72. The van der Waals surface area contributed by atoms with Gasteiger partial charge in [-0.05, 0) is 35.4 Å². The van der Waals surface area contributed by atoms with Crippen LogP contribution in [0.5, 0.6) is 5.75 Å². The molecule has 1 aromatic heterocycles. The minimum Gasteiger partial charge on any atom is -0.493 e. The topological polar surface area (TPSA) is 36.3 Å². The quantitative estimate of drug-likeness (QED) is 0.740. The van der Waals surface area contributed by atoms with Crippen LogP contribution in [-0.2, 0) is 18.0 Å². The van der Waals surface area contributed by atoms with E-state index in [1.807, 2.05) is 16.8 Å². The van der Waals surface area contributed by atoms with E-state index in [0.717, 1.165) is 5.69 Å². The van der Waals surface area contributed by atoms with E-state index >= 15 is 0 Å². The molecule has 1 aliphatic heterocycles. The number of imidazole rings is 1. The molecule has 2 heterocycles. The molecule has 1 aliphatic rings. The van der Waals surface area contributed by atoms with Crippen molar-refractivity contribution in [3.05, 3.63) is 65.7 Å². The maximum atomic E-state index is 14.0. The van der Waals surface area contributed by atoms with Gasteiger partial charge in [-0.2, -0.15) is 0 Å². The standard InChI is InChI=1S/C18H15FN2O2/c1-22-17-15(3-2-4-16(17)19)18-20-7-8-21(18)14-6-5-12-10-23-11-13(12)9-14/h2-9H,10-11H2,1H3. The molecule has 116 valence electrons. The summed E-state index contributed by atoms with van der Waals surface area (Å²) in [5.74, 6) is 0.437. The van der Waals surface area contributed by atoms with Crippen LogP contribution >= 0.6 is 0 Å². The Morgan fingerprint density at radius 3 is 2.91 bits per heavy atom. The molecule has 2 aromatic carbocycles. The van der Waals surface area contributed by atoms with Crippen molar-refractivity contribution in [2.45, 2.75) is 13.2 Å².